The lowest BCUT2D eigenvalue weighted by molar-refractivity contribution is -0.141. The van der Waals surface area contributed by atoms with Crippen molar-refractivity contribution in [2.45, 2.75) is 26.1 Å². The summed E-state index contributed by atoms with van der Waals surface area (Å²) in [4.78, 5) is 14.0. The number of hydrogen-bond donors (Lipinski definition) is 1. The zero-order valence-electron chi connectivity index (χ0n) is 11.9. The summed E-state index contributed by atoms with van der Waals surface area (Å²) < 4.78 is 5.62. The van der Waals surface area contributed by atoms with E-state index in [1.54, 1.807) is 0 Å². The first-order chi connectivity index (χ1) is 9.58. The van der Waals surface area contributed by atoms with Gasteiger partial charge in [0.15, 0.2) is 0 Å². The molecule has 1 amide bonds. The first kappa shape index (κ1) is 14.4. The molecule has 0 spiro atoms. The summed E-state index contributed by atoms with van der Waals surface area (Å²) in [5.41, 5.74) is 1.67. The smallest absolute Gasteiger partial charge is 0.242 e. The van der Waals surface area contributed by atoms with E-state index in [9.17, 15) is 4.79 Å². The Morgan fingerprint density at radius 1 is 1.45 bits per heavy atom. The number of carbonyl (C=O) groups is 1. The van der Waals surface area contributed by atoms with E-state index < -0.39 is 0 Å². The van der Waals surface area contributed by atoms with Gasteiger partial charge in [-0.15, -0.1) is 6.42 Å². The SMILES string of the molecule is C#Cc1cccc(NCC(=O)N2CC(C)OC(C)C2)c1. The molecular formula is C16H20N2O2. The number of benzene rings is 1. The summed E-state index contributed by atoms with van der Waals surface area (Å²) in [5.74, 6) is 2.66. The predicted molar refractivity (Wildman–Crippen MR) is 79.5 cm³/mol. The number of carbonyl (C=O) groups excluding carboxylic acids is 1. The van der Waals surface area contributed by atoms with E-state index in [0.29, 0.717) is 13.1 Å². The summed E-state index contributed by atoms with van der Waals surface area (Å²) >= 11 is 0. The van der Waals surface area contributed by atoms with Crippen LogP contribution in [0.15, 0.2) is 24.3 Å². The number of nitrogens with zero attached hydrogens (tertiary/aromatic N) is 1. The van der Waals surface area contributed by atoms with Crippen LogP contribution in [-0.2, 0) is 9.53 Å². The second kappa shape index (κ2) is 6.44. The average Bonchev–Trinajstić information content (AvgIpc) is 2.44. The Morgan fingerprint density at radius 3 is 2.80 bits per heavy atom. The van der Waals surface area contributed by atoms with Gasteiger partial charge in [0.1, 0.15) is 0 Å². The highest BCUT2D eigenvalue weighted by atomic mass is 16.5. The largest absolute Gasteiger partial charge is 0.376 e. The molecule has 20 heavy (non-hydrogen) atoms. The van der Waals surface area contributed by atoms with Crippen molar-refractivity contribution in [1.82, 2.24) is 4.90 Å². The molecule has 1 saturated heterocycles. The minimum atomic E-state index is 0.0816. The highest BCUT2D eigenvalue weighted by Crippen LogP contribution is 2.12. The highest BCUT2D eigenvalue weighted by Gasteiger charge is 2.25. The van der Waals surface area contributed by atoms with Crippen LogP contribution in [0.4, 0.5) is 5.69 Å². The van der Waals surface area contributed by atoms with Gasteiger partial charge in [0, 0.05) is 24.3 Å². The molecule has 2 unspecified atom stereocenters. The molecule has 0 bridgehead atoms. The topological polar surface area (TPSA) is 41.6 Å². The molecule has 2 rings (SSSR count). The standard InChI is InChI=1S/C16H20N2O2/c1-4-14-6-5-7-15(8-14)17-9-16(19)18-10-12(2)20-13(3)11-18/h1,5-8,12-13,17H,9-11H2,2-3H3. The fourth-order valence-corrected chi connectivity index (χ4v) is 2.39. The first-order valence-electron chi connectivity index (χ1n) is 6.82. The number of nitrogens with one attached hydrogen (secondary N) is 1. The fraction of sp³-hybridized carbons (Fsp3) is 0.438. The van der Waals surface area contributed by atoms with E-state index >= 15 is 0 Å². The molecule has 2 atom stereocenters. The number of hydrogen-bond acceptors (Lipinski definition) is 3. The van der Waals surface area contributed by atoms with E-state index in [0.717, 1.165) is 11.3 Å². The fourth-order valence-electron chi connectivity index (χ4n) is 2.39. The van der Waals surface area contributed by atoms with Crippen LogP contribution in [0.25, 0.3) is 0 Å². The van der Waals surface area contributed by atoms with Gasteiger partial charge in [-0.3, -0.25) is 4.79 Å². The number of amides is 1. The molecule has 0 radical (unpaired) electrons. The van der Waals surface area contributed by atoms with Crippen molar-refractivity contribution in [2.24, 2.45) is 0 Å². The summed E-state index contributed by atoms with van der Waals surface area (Å²) in [7, 11) is 0. The quantitative estimate of drug-likeness (QED) is 0.852. The van der Waals surface area contributed by atoms with Crippen LogP contribution in [0.2, 0.25) is 0 Å². The van der Waals surface area contributed by atoms with Gasteiger partial charge in [0.25, 0.3) is 0 Å². The Balaban J connectivity index is 1.90. The zero-order chi connectivity index (χ0) is 14.5. The van der Waals surface area contributed by atoms with Crippen molar-refractivity contribution >= 4 is 11.6 Å². The molecule has 1 aliphatic heterocycles. The van der Waals surface area contributed by atoms with E-state index in [1.807, 2.05) is 43.0 Å². The minimum Gasteiger partial charge on any atom is -0.376 e. The van der Waals surface area contributed by atoms with Gasteiger partial charge in [0.05, 0.1) is 18.8 Å². The molecule has 1 aliphatic rings. The van der Waals surface area contributed by atoms with Crippen LogP contribution >= 0.6 is 0 Å². The van der Waals surface area contributed by atoms with Crippen molar-refractivity contribution < 1.29 is 9.53 Å². The molecule has 0 saturated carbocycles. The zero-order valence-corrected chi connectivity index (χ0v) is 11.9. The summed E-state index contributed by atoms with van der Waals surface area (Å²) in [5, 5.41) is 3.12. The molecule has 4 heteroatoms. The van der Waals surface area contributed by atoms with Gasteiger partial charge in [-0.25, -0.2) is 0 Å². The van der Waals surface area contributed by atoms with Crippen LogP contribution < -0.4 is 5.32 Å². The van der Waals surface area contributed by atoms with E-state index in [-0.39, 0.29) is 24.7 Å². The lowest BCUT2D eigenvalue weighted by Crippen LogP contribution is -2.49. The Hall–Kier alpha value is -1.99. The van der Waals surface area contributed by atoms with Gasteiger partial charge in [-0.2, -0.15) is 0 Å². The molecule has 1 aromatic rings. The number of morpholine rings is 1. The molecule has 106 valence electrons. The Labute approximate surface area is 120 Å². The van der Waals surface area contributed by atoms with Crippen molar-refractivity contribution in [2.75, 3.05) is 25.0 Å². The second-order valence-electron chi connectivity index (χ2n) is 5.13. The third-order valence-electron chi connectivity index (χ3n) is 3.25. The lowest BCUT2D eigenvalue weighted by Gasteiger charge is -2.35. The van der Waals surface area contributed by atoms with Gasteiger partial charge in [0.2, 0.25) is 5.91 Å². The molecule has 1 fully saturated rings. The molecule has 4 nitrogen and oxygen atoms in total. The van der Waals surface area contributed by atoms with Crippen LogP contribution in [0.1, 0.15) is 19.4 Å². The van der Waals surface area contributed by atoms with Gasteiger partial charge < -0.3 is 15.0 Å². The van der Waals surface area contributed by atoms with Crippen molar-refractivity contribution in [1.29, 1.82) is 0 Å². The third-order valence-corrected chi connectivity index (χ3v) is 3.25. The maximum atomic E-state index is 12.2. The van der Waals surface area contributed by atoms with Crippen LogP contribution in [0.5, 0.6) is 0 Å². The first-order valence-corrected chi connectivity index (χ1v) is 6.82. The minimum absolute atomic E-state index is 0.0816. The number of ether oxygens (including phenoxy) is 1. The monoisotopic (exact) mass is 272 g/mol. The van der Waals surface area contributed by atoms with Gasteiger partial charge in [-0.1, -0.05) is 12.0 Å². The third kappa shape index (κ3) is 3.75. The predicted octanol–water partition coefficient (Wildman–Crippen LogP) is 1.72. The average molecular weight is 272 g/mol. The second-order valence-corrected chi connectivity index (χ2v) is 5.13. The Kier molecular flexibility index (Phi) is 4.65. The maximum absolute atomic E-state index is 12.2. The van der Waals surface area contributed by atoms with Crippen molar-refractivity contribution in [3.8, 4) is 12.3 Å². The Bertz CT molecular complexity index is 511. The van der Waals surface area contributed by atoms with Crippen LogP contribution in [-0.4, -0.2) is 42.6 Å². The Morgan fingerprint density at radius 2 is 2.15 bits per heavy atom. The number of rotatable bonds is 3. The lowest BCUT2D eigenvalue weighted by atomic mass is 10.2. The van der Waals surface area contributed by atoms with Gasteiger partial charge in [-0.05, 0) is 32.0 Å². The molecule has 0 aromatic heterocycles. The summed E-state index contributed by atoms with van der Waals surface area (Å²) in [6.07, 6.45) is 5.54. The number of anilines is 1. The highest BCUT2D eigenvalue weighted by molar-refractivity contribution is 5.81. The summed E-state index contributed by atoms with van der Waals surface area (Å²) in [6, 6.07) is 7.50. The van der Waals surface area contributed by atoms with Crippen LogP contribution in [0.3, 0.4) is 0 Å². The molecule has 1 N–H and O–H groups in total. The van der Waals surface area contributed by atoms with Crippen molar-refractivity contribution in [3.05, 3.63) is 29.8 Å². The van der Waals surface area contributed by atoms with E-state index in [2.05, 4.69) is 11.2 Å². The number of terminal acetylenes is 1. The molecule has 0 aliphatic carbocycles. The van der Waals surface area contributed by atoms with E-state index in [4.69, 9.17) is 11.2 Å². The van der Waals surface area contributed by atoms with Crippen molar-refractivity contribution in [3.63, 3.8) is 0 Å². The molecule has 1 aromatic carbocycles. The molecule has 1 heterocycles. The summed E-state index contributed by atoms with van der Waals surface area (Å²) in [6.45, 7) is 5.54. The van der Waals surface area contributed by atoms with Gasteiger partial charge >= 0.3 is 0 Å². The van der Waals surface area contributed by atoms with Crippen LogP contribution in [0, 0.1) is 12.3 Å². The normalized spacial score (nSPS) is 22.1. The maximum Gasteiger partial charge on any atom is 0.242 e. The van der Waals surface area contributed by atoms with E-state index in [1.165, 1.54) is 0 Å². The molecular weight excluding hydrogens is 252 g/mol.